The molecule has 6 N–H and O–H groups in total. The number of ether oxygens (including phenoxy) is 2. The summed E-state index contributed by atoms with van der Waals surface area (Å²) in [6.45, 7) is 0. The second kappa shape index (κ2) is 14.0. The minimum absolute atomic E-state index is 0.0262. The fourth-order valence-corrected chi connectivity index (χ4v) is 9.44. The van der Waals surface area contributed by atoms with Crippen LogP contribution in [0.15, 0.2) is 109 Å². The van der Waals surface area contributed by atoms with Gasteiger partial charge in [0.25, 0.3) is 23.6 Å². The SMILES string of the molecule is O=C1c2ccc3c4c(Oc5ccc(I)cc5)cc5c6c(ccc(c7c(Oc8ccc(I)cc8)cc(c2c37)C(=O)N1c1cc(O)c(O)c(O)c1)c64)C(=O)N(c1cc(O)c(O)c(O)c1)C5=O. The number of halogens is 2. The number of phenols is 6. The lowest BCUT2D eigenvalue weighted by Gasteiger charge is -2.31. The molecule has 14 nitrogen and oxygen atoms in total. The van der Waals surface area contributed by atoms with E-state index < -0.39 is 58.1 Å². The number of hydrogen-bond acceptors (Lipinski definition) is 12. The summed E-state index contributed by atoms with van der Waals surface area (Å²) in [7, 11) is 0. The van der Waals surface area contributed by atoms with Gasteiger partial charge in [0, 0.05) is 74.9 Å². The zero-order chi connectivity index (χ0) is 44.6. The number of benzene rings is 9. The molecule has 16 heteroatoms. The zero-order valence-corrected chi connectivity index (χ0v) is 36.5. The second-order valence-electron chi connectivity index (χ2n) is 15.1. The number of imide groups is 2. The van der Waals surface area contributed by atoms with Crippen molar-refractivity contribution in [3.63, 3.8) is 0 Å². The number of anilines is 2. The first kappa shape index (κ1) is 39.3. The van der Waals surface area contributed by atoms with Crippen molar-refractivity contribution in [3.8, 4) is 57.5 Å². The maximum atomic E-state index is 14.8. The lowest BCUT2D eigenvalue weighted by Crippen LogP contribution is -2.40. The van der Waals surface area contributed by atoms with Gasteiger partial charge in [-0.1, -0.05) is 12.1 Å². The Morgan fingerprint density at radius 2 is 0.703 bits per heavy atom. The van der Waals surface area contributed by atoms with E-state index in [1.54, 1.807) is 36.4 Å². The molecule has 2 aliphatic rings. The summed E-state index contributed by atoms with van der Waals surface area (Å²) in [5.41, 5.74) is -0.200. The number of carbonyl (C=O) groups is 4. The molecule has 312 valence electrons. The van der Waals surface area contributed by atoms with Crippen molar-refractivity contribution in [2.75, 3.05) is 9.80 Å². The number of carbonyl (C=O) groups excluding carboxylic acids is 4. The monoisotopic (exact) mass is 1070 g/mol. The number of hydrogen-bond donors (Lipinski definition) is 6. The van der Waals surface area contributed by atoms with Gasteiger partial charge in [-0.3, -0.25) is 19.2 Å². The summed E-state index contributed by atoms with van der Waals surface area (Å²) in [4.78, 5) is 60.2. The Morgan fingerprint density at radius 3 is 1.05 bits per heavy atom. The standard InChI is InChI=1S/C48H24I2N2O12/c49-19-1-5-23(6-2-19)63-35-17-29-37-27(45(59)51(47(29)61)21-13-31(53)43(57)32(54)14-21)12-10-26-40-36(64-24-7-3-20(50)4-8-24)18-30-38-28(11-9-25(42(38)40)39(35)41(26)37)46(60)52(48(30)62)22-15-33(55)44(58)34(56)16-22/h1-18,53-58H. The summed E-state index contributed by atoms with van der Waals surface area (Å²) >= 11 is 4.31. The maximum absolute atomic E-state index is 14.8. The van der Waals surface area contributed by atoms with E-state index in [4.69, 9.17) is 9.47 Å². The zero-order valence-electron chi connectivity index (χ0n) is 32.2. The van der Waals surface area contributed by atoms with E-state index in [-0.39, 0.29) is 55.9 Å². The molecular formula is C48H24I2N2O12. The molecule has 64 heavy (non-hydrogen) atoms. The van der Waals surface area contributed by atoms with Crippen LogP contribution in [0.4, 0.5) is 11.4 Å². The Balaban J connectivity index is 1.26. The van der Waals surface area contributed by atoms with E-state index in [0.717, 1.165) is 41.2 Å². The molecule has 2 heterocycles. The minimum Gasteiger partial charge on any atom is -0.504 e. The fourth-order valence-electron chi connectivity index (χ4n) is 8.72. The molecule has 9 aromatic carbocycles. The Labute approximate surface area is 385 Å². The normalized spacial score (nSPS) is 13.6. The van der Waals surface area contributed by atoms with Gasteiger partial charge in [-0.15, -0.1) is 0 Å². The molecule has 11 rings (SSSR count). The smallest absolute Gasteiger partial charge is 0.266 e. The van der Waals surface area contributed by atoms with Crippen LogP contribution in [-0.2, 0) is 0 Å². The molecule has 0 unspecified atom stereocenters. The molecule has 0 radical (unpaired) electrons. The highest BCUT2D eigenvalue weighted by atomic mass is 127. The topological polar surface area (TPSA) is 215 Å². The first-order chi connectivity index (χ1) is 30.7. The van der Waals surface area contributed by atoms with Gasteiger partial charge in [0.05, 0.1) is 22.5 Å². The quantitative estimate of drug-likeness (QED) is 0.0302. The number of phenolic OH excluding ortho intramolecular Hbond substituents is 6. The summed E-state index contributed by atoms with van der Waals surface area (Å²) in [6, 6.07) is 27.6. The predicted molar refractivity (Wildman–Crippen MR) is 251 cm³/mol. The molecule has 0 bridgehead atoms. The van der Waals surface area contributed by atoms with Gasteiger partial charge in [0.2, 0.25) is 0 Å². The number of amides is 4. The van der Waals surface area contributed by atoms with E-state index in [0.29, 0.717) is 43.8 Å². The average Bonchev–Trinajstić information content (AvgIpc) is 3.27. The molecule has 0 aromatic heterocycles. The Kier molecular flexibility index (Phi) is 8.57. The lowest BCUT2D eigenvalue weighted by molar-refractivity contribution is 0.0877. The summed E-state index contributed by atoms with van der Waals surface area (Å²) in [5.74, 6) is -6.81. The Bertz CT molecular complexity index is 3350. The van der Waals surface area contributed by atoms with Crippen LogP contribution in [0.2, 0.25) is 0 Å². The summed E-state index contributed by atoms with van der Waals surface area (Å²) in [6.07, 6.45) is 0. The van der Waals surface area contributed by atoms with Crippen LogP contribution in [0, 0.1) is 7.14 Å². The van der Waals surface area contributed by atoms with Gasteiger partial charge in [-0.2, -0.15) is 0 Å². The van der Waals surface area contributed by atoms with Gasteiger partial charge in [-0.25, -0.2) is 9.80 Å². The van der Waals surface area contributed by atoms with Crippen molar-refractivity contribution in [3.05, 3.63) is 139 Å². The maximum Gasteiger partial charge on any atom is 0.266 e. The molecule has 0 aliphatic carbocycles. The highest BCUT2D eigenvalue weighted by molar-refractivity contribution is 14.1. The van der Waals surface area contributed by atoms with Crippen LogP contribution in [-0.4, -0.2) is 54.3 Å². The van der Waals surface area contributed by atoms with Crippen molar-refractivity contribution in [2.24, 2.45) is 0 Å². The van der Waals surface area contributed by atoms with E-state index in [1.165, 1.54) is 24.3 Å². The number of aromatic hydroxyl groups is 6. The summed E-state index contributed by atoms with van der Waals surface area (Å²) in [5, 5.41) is 65.0. The highest BCUT2D eigenvalue weighted by Gasteiger charge is 2.40. The molecule has 0 saturated carbocycles. The highest BCUT2D eigenvalue weighted by Crippen LogP contribution is 2.54. The third-order valence-electron chi connectivity index (χ3n) is 11.5. The van der Waals surface area contributed by atoms with E-state index in [1.807, 2.05) is 24.3 Å². The predicted octanol–water partition coefficient (Wildman–Crippen LogP) is 10.4. The van der Waals surface area contributed by atoms with Crippen molar-refractivity contribution in [1.29, 1.82) is 0 Å². The van der Waals surface area contributed by atoms with Crippen LogP contribution in [0.1, 0.15) is 41.4 Å². The molecule has 4 amide bonds. The fraction of sp³-hybridized carbons (Fsp3) is 0. The third kappa shape index (κ3) is 5.61. The molecule has 0 atom stereocenters. The molecule has 0 spiro atoms. The lowest BCUT2D eigenvalue weighted by atomic mass is 9.81. The number of nitrogens with zero attached hydrogens (tertiary/aromatic N) is 2. The first-order valence-corrected chi connectivity index (χ1v) is 21.3. The molecular weight excluding hydrogens is 1050 g/mol. The molecule has 0 fully saturated rings. The molecule has 9 aromatic rings. The Morgan fingerprint density at radius 1 is 0.375 bits per heavy atom. The van der Waals surface area contributed by atoms with Gasteiger partial charge in [-0.05, 0) is 129 Å². The molecule has 0 saturated heterocycles. The van der Waals surface area contributed by atoms with Crippen LogP contribution in [0.3, 0.4) is 0 Å². The van der Waals surface area contributed by atoms with Crippen molar-refractivity contribution in [1.82, 2.24) is 0 Å². The van der Waals surface area contributed by atoms with Crippen molar-refractivity contribution in [2.45, 2.75) is 0 Å². The third-order valence-corrected chi connectivity index (χ3v) is 12.9. The van der Waals surface area contributed by atoms with Crippen molar-refractivity contribution >= 4 is 123 Å². The van der Waals surface area contributed by atoms with E-state index in [2.05, 4.69) is 45.2 Å². The van der Waals surface area contributed by atoms with Crippen LogP contribution >= 0.6 is 45.2 Å². The largest absolute Gasteiger partial charge is 0.504 e. The van der Waals surface area contributed by atoms with Gasteiger partial charge in [0.15, 0.2) is 34.5 Å². The van der Waals surface area contributed by atoms with Crippen LogP contribution < -0.4 is 19.3 Å². The Hall–Kier alpha value is -7.58. The second-order valence-corrected chi connectivity index (χ2v) is 17.6. The van der Waals surface area contributed by atoms with E-state index >= 15 is 0 Å². The number of fused-ring (bicyclic) bond motifs is 2. The van der Waals surface area contributed by atoms with Crippen LogP contribution in [0.25, 0.3) is 43.1 Å². The van der Waals surface area contributed by atoms with Gasteiger partial charge >= 0.3 is 0 Å². The summed E-state index contributed by atoms with van der Waals surface area (Å²) < 4.78 is 15.1. The van der Waals surface area contributed by atoms with Crippen molar-refractivity contribution < 1.29 is 59.3 Å². The number of rotatable bonds is 6. The van der Waals surface area contributed by atoms with Gasteiger partial charge < -0.3 is 40.1 Å². The average molecular weight is 1070 g/mol. The van der Waals surface area contributed by atoms with Gasteiger partial charge in [0.1, 0.15) is 23.0 Å². The van der Waals surface area contributed by atoms with E-state index in [9.17, 15) is 49.8 Å². The van der Waals surface area contributed by atoms with Crippen LogP contribution in [0.5, 0.6) is 57.5 Å². The minimum atomic E-state index is -0.829. The first-order valence-electron chi connectivity index (χ1n) is 19.1. The molecule has 2 aliphatic heterocycles.